The van der Waals surface area contributed by atoms with Crippen LogP contribution in [0.25, 0.3) is 0 Å². The van der Waals surface area contributed by atoms with Crippen LogP contribution in [0.1, 0.15) is 25.3 Å². The number of hydrogen-bond acceptors (Lipinski definition) is 4. The first-order valence-corrected chi connectivity index (χ1v) is 7.14. The molecule has 2 rings (SSSR count). The summed E-state index contributed by atoms with van der Waals surface area (Å²) < 4.78 is 0. The van der Waals surface area contributed by atoms with Gasteiger partial charge in [0.2, 0.25) is 5.91 Å². The highest BCUT2D eigenvalue weighted by Gasteiger charge is 2.30. The van der Waals surface area contributed by atoms with Gasteiger partial charge in [0.1, 0.15) is 0 Å². The molecule has 1 aliphatic heterocycles. The second-order valence-corrected chi connectivity index (χ2v) is 5.75. The van der Waals surface area contributed by atoms with Gasteiger partial charge in [-0.15, -0.1) is 0 Å². The lowest BCUT2D eigenvalue weighted by atomic mass is 9.89. The van der Waals surface area contributed by atoms with E-state index in [4.69, 9.17) is 0 Å². The highest BCUT2D eigenvalue weighted by Crippen LogP contribution is 2.23. The molecule has 1 saturated heterocycles. The summed E-state index contributed by atoms with van der Waals surface area (Å²) in [6.07, 6.45) is 1.88. The largest absolute Gasteiger partial charge is 0.342 e. The van der Waals surface area contributed by atoms with Crippen LogP contribution in [0.5, 0.6) is 0 Å². The van der Waals surface area contributed by atoms with Gasteiger partial charge in [0.15, 0.2) is 0 Å². The molecule has 0 bridgehead atoms. The normalized spacial score (nSPS) is 17.5. The average Bonchev–Trinajstić information content (AvgIpc) is 2.48. The van der Waals surface area contributed by atoms with Crippen molar-refractivity contribution in [1.29, 1.82) is 0 Å². The predicted octanol–water partition coefficient (Wildman–Crippen LogP) is 1.74. The fraction of sp³-hybridized carbons (Fsp3) is 0.533. The molecule has 0 unspecified atom stereocenters. The Kier molecular flexibility index (Phi) is 4.57. The van der Waals surface area contributed by atoms with Crippen molar-refractivity contribution in [2.75, 3.05) is 20.1 Å². The Hall–Kier alpha value is -1.95. The van der Waals surface area contributed by atoms with E-state index in [1.54, 1.807) is 23.1 Å². The van der Waals surface area contributed by atoms with Crippen molar-refractivity contribution in [3.8, 4) is 0 Å². The first kappa shape index (κ1) is 15.4. The standard InChI is InChI=1S/C15H21N3O3/c1-15(16-2)7-9-17(10-8-15)14(19)11-12-5-3-4-6-13(12)18(20)21/h3-6,16H,7-11H2,1-2H3. The zero-order valence-corrected chi connectivity index (χ0v) is 12.5. The second kappa shape index (κ2) is 6.22. The van der Waals surface area contributed by atoms with Crippen molar-refractivity contribution in [2.24, 2.45) is 0 Å². The molecule has 1 N–H and O–H groups in total. The smallest absolute Gasteiger partial charge is 0.273 e. The van der Waals surface area contributed by atoms with Gasteiger partial charge in [0.05, 0.1) is 11.3 Å². The number of para-hydroxylation sites is 1. The molecule has 6 heteroatoms. The van der Waals surface area contributed by atoms with E-state index < -0.39 is 4.92 Å². The van der Waals surface area contributed by atoms with E-state index in [0.717, 1.165) is 12.8 Å². The van der Waals surface area contributed by atoms with Crippen LogP contribution in [0.15, 0.2) is 24.3 Å². The van der Waals surface area contributed by atoms with Gasteiger partial charge in [-0.05, 0) is 26.8 Å². The molecule has 0 radical (unpaired) electrons. The van der Waals surface area contributed by atoms with Crippen LogP contribution in [0.2, 0.25) is 0 Å². The molecule has 1 heterocycles. The quantitative estimate of drug-likeness (QED) is 0.677. The number of nitro groups is 1. The summed E-state index contributed by atoms with van der Waals surface area (Å²) in [5, 5.41) is 14.3. The maximum atomic E-state index is 12.3. The molecule has 21 heavy (non-hydrogen) atoms. The van der Waals surface area contributed by atoms with E-state index in [1.165, 1.54) is 6.07 Å². The maximum absolute atomic E-state index is 12.3. The number of benzene rings is 1. The van der Waals surface area contributed by atoms with E-state index in [0.29, 0.717) is 18.7 Å². The highest BCUT2D eigenvalue weighted by molar-refractivity contribution is 5.80. The molecular weight excluding hydrogens is 270 g/mol. The van der Waals surface area contributed by atoms with Crippen molar-refractivity contribution in [1.82, 2.24) is 10.2 Å². The fourth-order valence-electron chi connectivity index (χ4n) is 2.61. The molecule has 1 amide bonds. The Morgan fingerprint density at radius 2 is 2.00 bits per heavy atom. The number of nitrogens with one attached hydrogen (secondary N) is 1. The lowest BCUT2D eigenvalue weighted by Crippen LogP contribution is -2.51. The van der Waals surface area contributed by atoms with Crippen LogP contribution < -0.4 is 5.32 Å². The molecule has 0 atom stereocenters. The summed E-state index contributed by atoms with van der Waals surface area (Å²) in [7, 11) is 1.94. The van der Waals surface area contributed by atoms with Crippen molar-refractivity contribution in [3.63, 3.8) is 0 Å². The van der Waals surface area contributed by atoms with E-state index in [9.17, 15) is 14.9 Å². The topological polar surface area (TPSA) is 75.5 Å². The summed E-state index contributed by atoms with van der Waals surface area (Å²) in [6.45, 7) is 3.53. The molecule has 0 aromatic heterocycles. The van der Waals surface area contributed by atoms with Crippen molar-refractivity contribution in [3.05, 3.63) is 39.9 Å². The fourth-order valence-corrected chi connectivity index (χ4v) is 2.61. The second-order valence-electron chi connectivity index (χ2n) is 5.75. The van der Waals surface area contributed by atoms with Gasteiger partial charge in [-0.1, -0.05) is 18.2 Å². The SMILES string of the molecule is CNC1(C)CCN(C(=O)Cc2ccccc2[N+](=O)[O-])CC1. The van der Waals surface area contributed by atoms with Crippen LogP contribution in [-0.2, 0) is 11.2 Å². The zero-order valence-electron chi connectivity index (χ0n) is 12.5. The number of rotatable bonds is 4. The summed E-state index contributed by atoms with van der Waals surface area (Å²) in [4.78, 5) is 24.7. The van der Waals surface area contributed by atoms with Gasteiger partial charge in [-0.25, -0.2) is 0 Å². The van der Waals surface area contributed by atoms with Crippen molar-refractivity contribution < 1.29 is 9.72 Å². The number of nitro benzene ring substituents is 1. The minimum Gasteiger partial charge on any atom is -0.342 e. The van der Waals surface area contributed by atoms with Gasteiger partial charge in [-0.2, -0.15) is 0 Å². The monoisotopic (exact) mass is 291 g/mol. The molecule has 1 aromatic carbocycles. The first-order valence-electron chi connectivity index (χ1n) is 7.14. The third-order valence-electron chi connectivity index (χ3n) is 4.35. The van der Waals surface area contributed by atoms with E-state index >= 15 is 0 Å². The van der Waals surface area contributed by atoms with E-state index in [-0.39, 0.29) is 23.6 Å². The number of carbonyl (C=O) groups is 1. The molecule has 0 aliphatic carbocycles. The number of amides is 1. The predicted molar refractivity (Wildman–Crippen MR) is 80.1 cm³/mol. The maximum Gasteiger partial charge on any atom is 0.273 e. The van der Waals surface area contributed by atoms with Crippen molar-refractivity contribution in [2.45, 2.75) is 31.7 Å². The number of piperidine rings is 1. The lowest BCUT2D eigenvalue weighted by Gasteiger charge is -2.39. The summed E-state index contributed by atoms with van der Waals surface area (Å²) in [5.74, 6) is -0.0394. The molecule has 0 spiro atoms. The Labute approximate surface area is 124 Å². The van der Waals surface area contributed by atoms with Gasteiger partial charge < -0.3 is 10.2 Å². The molecule has 6 nitrogen and oxygen atoms in total. The molecular formula is C15H21N3O3. The molecule has 1 fully saturated rings. The van der Waals surface area contributed by atoms with Crippen LogP contribution >= 0.6 is 0 Å². The number of hydrogen-bond donors (Lipinski definition) is 1. The van der Waals surface area contributed by atoms with Gasteiger partial charge >= 0.3 is 0 Å². The van der Waals surface area contributed by atoms with Crippen LogP contribution in [0.3, 0.4) is 0 Å². The zero-order chi connectivity index (χ0) is 15.5. The minimum atomic E-state index is -0.434. The summed E-state index contributed by atoms with van der Waals surface area (Å²) in [6, 6.07) is 6.43. The Morgan fingerprint density at radius 3 is 2.57 bits per heavy atom. The first-order chi connectivity index (χ1) is 9.95. The minimum absolute atomic E-state index is 0.0166. The highest BCUT2D eigenvalue weighted by atomic mass is 16.6. The number of carbonyl (C=O) groups excluding carboxylic acids is 1. The van der Waals surface area contributed by atoms with Crippen molar-refractivity contribution >= 4 is 11.6 Å². The van der Waals surface area contributed by atoms with Gasteiger partial charge in [-0.3, -0.25) is 14.9 Å². The number of nitrogens with zero attached hydrogens (tertiary/aromatic N) is 2. The third-order valence-corrected chi connectivity index (χ3v) is 4.35. The Bertz CT molecular complexity index is 537. The Balaban J connectivity index is 2.02. The third kappa shape index (κ3) is 3.58. The molecule has 1 aromatic rings. The summed E-state index contributed by atoms with van der Waals surface area (Å²) >= 11 is 0. The number of likely N-dealkylation sites (tertiary alicyclic amines) is 1. The van der Waals surface area contributed by atoms with Crippen LogP contribution in [0, 0.1) is 10.1 Å². The molecule has 114 valence electrons. The van der Waals surface area contributed by atoms with E-state index in [1.807, 2.05) is 7.05 Å². The summed E-state index contributed by atoms with van der Waals surface area (Å²) in [5.41, 5.74) is 0.576. The average molecular weight is 291 g/mol. The van der Waals surface area contributed by atoms with Crippen LogP contribution in [-0.4, -0.2) is 41.4 Å². The van der Waals surface area contributed by atoms with E-state index in [2.05, 4.69) is 12.2 Å². The Morgan fingerprint density at radius 1 is 1.38 bits per heavy atom. The van der Waals surface area contributed by atoms with Gasteiger partial charge in [0.25, 0.3) is 5.69 Å². The molecule has 1 aliphatic rings. The molecule has 0 saturated carbocycles. The van der Waals surface area contributed by atoms with Crippen LogP contribution in [0.4, 0.5) is 5.69 Å². The lowest BCUT2D eigenvalue weighted by molar-refractivity contribution is -0.385. The van der Waals surface area contributed by atoms with Gasteiger partial charge in [0, 0.05) is 30.3 Å².